The number of hydrogen-bond acceptors (Lipinski definition) is 2. The van der Waals surface area contributed by atoms with Crippen LogP contribution in [0.5, 0.6) is 0 Å². The van der Waals surface area contributed by atoms with E-state index in [0.29, 0.717) is 11.3 Å². The van der Waals surface area contributed by atoms with Gasteiger partial charge in [-0.1, -0.05) is 26.8 Å². The first-order chi connectivity index (χ1) is 8.55. The molecule has 1 amide bonds. The Labute approximate surface area is 116 Å². The highest BCUT2D eigenvalue weighted by Crippen LogP contribution is 2.26. The molecule has 0 aliphatic heterocycles. The first-order valence-corrected chi connectivity index (χ1v) is 6.69. The molecule has 0 bridgehead atoms. The molecule has 0 fully saturated rings. The van der Waals surface area contributed by atoms with Crippen LogP contribution in [0, 0.1) is 19.3 Å². The molecule has 0 spiro atoms. The van der Waals surface area contributed by atoms with Crippen LogP contribution < -0.4 is 5.73 Å². The molecule has 0 aliphatic rings. The average molecular weight is 262 g/mol. The topological polar surface area (TPSA) is 46.3 Å². The summed E-state index contributed by atoms with van der Waals surface area (Å²) in [5, 5.41) is 0. The van der Waals surface area contributed by atoms with Gasteiger partial charge in [0.2, 0.25) is 0 Å². The zero-order chi connectivity index (χ0) is 15.0. The molecule has 0 radical (unpaired) electrons. The molecule has 1 unspecified atom stereocenters. The van der Waals surface area contributed by atoms with Crippen LogP contribution in [0.2, 0.25) is 0 Å². The normalized spacial score (nSPS) is 13.2. The van der Waals surface area contributed by atoms with Crippen LogP contribution in [0.25, 0.3) is 0 Å². The van der Waals surface area contributed by atoms with Crippen LogP contribution in [0.1, 0.15) is 49.2 Å². The van der Waals surface area contributed by atoms with Crippen molar-refractivity contribution in [2.24, 2.45) is 5.41 Å². The summed E-state index contributed by atoms with van der Waals surface area (Å²) in [5.74, 6) is 0.0339. The number of benzene rings is 1. The van der Waals surface area contributed by atoms with Gasteiger partial charge in [0.15, 0.2) is 0 Å². The van der Waals surface area contributed by atoms with Crippen molar-refractivity contribution in [3.05, 3.63) is 28.8 Å². The molecule has 1 aromatic rings. The average Bonchev–Trinajstić information content (AvgIpc) is 2.29. The Bertz CT molecular complexity index is 486. The highest BCUT2D eigenvalue weighted by Gasteiger charge is 2.28. The standard InChI is InChI=1S/C16H26N2O/c1-10-8-11(2)14(17)9-13(10)15(19)18(7)12(3)16(4,5)6/h8-9,12H,17H2,1-7H3. The molecule has 0 aromatic heterocycles. The fourth-order valence-electron chi connectivity index (χ4n) is 2.05. The molecule has 19 heavy (non-hydrogen) atoms. The smallest absolute Gasteiger partial charge is 0.254 e. The molecule has 0 aliphatic carbocycles. The Kier molecular flexibility index (Phi) is 4.28. The van der Waals surface area contributed by atoms with Gasteiger partial charge in [-0.3, -0.25) is 4.79 Å². The third-order valence-electron chi connectivity index (χ3n) is 4.00. The van der Waals surface area contributed by atoms with Crippen LogP contribution in [0.4, 0.5) is 5.69 Å². The van der Waals surface area contributed by atoms with E-state index < -0.39 is 0 Å². The Morgan fingerprint density at radius 3 is 2.21 bits per heavy atom. The summed E-state index contributed by atoms with van der Waals surface area (Å²) in [6.07, 6.45) is 0. The lowest BCUT2D eigenvalue weighted by atomic mass is 9.86. The molecule has 3 heteroatoms. The van der Waals surface area contributed by atoms with Gasteiger partial charge >= 0.3 is 0 Å². The van der Waals surface area contributed by atoms with Gasteiger partial charge in [0, 0.05) is 24.3 Å². The number of nitrogens with two attached hydrogens (primary N) is 1. The van der Waals surface area contributed by atoms with E-state index in [-0.39, 0.29) is 17.4 Å². The van der Waals surface area contributed by atoms with Gasteiger partial charge in [0.1, 0.15) is 0 Å². The SMILES string of the molecule is Cc1cc(C)c(C(=O)N(C)C(C)C(C)(C)C)cc1N. The molecule has 0 saturated heterocycles. The van der Waals surface area contributed by atoms with E-state index in [1.54, 1.807) is 11.0 Å². The molecular weight excluding hydrogens is 236 g/mol. The van der Waals surface area contributed by atoms with Crippen molar-refractivity contribution in [1.82, 2.24) is 4.90 Å². The molecule has 0 heterocycles. The van der Waals surface area contributed by atoms with Gasteiger partial charge < -0.3 is 10.6 Å². The number of nitrogen functional groups attached to an aromatic ring is 1. The summed E-state index contributed by atoms with van der Waals surface area (Å²) >= 11 is 0. The molecular formula is C16H26N2O. The minimum Gasteiger partial charge on any atom is -0.398 e. The van der Waals surface area contributed by atoms with Crippen LogP contribution in [0.3, 0.4) is 0 Å². The predicted octanol–water partition coefficient (Wildman–Crippen LogP) is 3.39. The highest BCUT2D eigenvalue weighted by atomic mass is 16.2. The number of carbonyl (C=O) groups excluding carboxylic acids is 1. The molecule has 0 saturated carbocycles. The number of aryl methyl sites for hydroxylation is 2. The molecule has 1 rings (SSSR count). The first-order valence-electron chi connectivity index (χ1n) is 6.69. The lowest BCUT2D eigenvalue weighted by Gasteiger charge is -2.35. The van der Waals surface area contributed by atoms with E-state index in [0.717, 1.165) is 11.1 Å². The van der Waals surface area contributed by atoms with Crippen molar-refractivity contribution < 1.29 is 4.79 Å². The summed E-state index contributed by atoms with van der Waals surface area (Å²) < 4.78 is 0. The summed E-state index contributed by atoms with van der Waals surface area (Å²) in [7, 11) is 1.85. The predicted molar refractivity (Wildman–Crippen MR) is 81.3 cm³/mol. The van der Waals surface area contributed by atoms with Gasteiger partial charge in [-0.05, 0) is 43.4 Å². The van der Waals surface area contributed by atoms with Crippen LogP contribution >= 0.6 is 0 Å². The van der Waals surface area contributed by atoms with Crippen molar-refractivity contribution in [3.8, 4) is 0 Å². The largest absolute Gasteiger partial charge is 0.398 e. The third kappa shape index (κ3) is 3.28. The summed E-state index contributed by atoms with van der Waals surface area (Å²) in [6.45, 7) is 12.4. The monoisotopic (exact) mass is 262 g/mol. The van der Waals surface area contributed by atoms with Crippen LogP contribution in [0.15, 0.2) is 12.1 Å². The van der Waals surface area contributed by atoms with E-state index in [9.17, 15) is 4.79 Å². The molecule has 1 atom stereocenters. The van der Waals surface area contributed by atoms with Gasteiger partial charge in [0.25, 0.3) is 5.91 Å². The summed E-state index contributed by atoms with van der Waals surface area (Å²) in [5.41, 5.74) is 9.33. The third-order valence-corrected chi connectivity index (χ3v) is 4.00. The van der Waals surface area contributed by atoms with Crippen LogP contribution in [-0.2, 0) is 0 Å². The van der Waals surface area contributed by atoms with Crippen molar-refractivity contribution in [1.29, 1.82) is 0 Å². The number of hydrogen-bond donors (Lipinski definition) is 1. The minimum atomic E-state index is 0.0339. The maximum atomic E-state index is 12.6. The molecule has 1 aromatic carbocycles. The number of rotatable bonds is 2. The Morgan fingerprint density at radius 1 is 1.21 bits per heavy atom. The lowest BCUT2D eigenvalue weighted by Crippen LogP contribution is -2.43. The van der Waals surface area contributed by atoms with Crippen molar-refractivity contribution in [2.75, 3.05) is 12.8 Å². The van der Waals surface area contributed by atoms with E-state index >= 15 is 0 Å². The fraction of sp³-hybridized carbons (Fsp3) is 0.562. The number of nitrogens with zero attached hydrogens (tertiary/aromatic N) is 1. The number of amides is 1. The maximum Gasteiger partial charge on any atom is 0.254 e. The van der Waals surface area contributed by atoms with Crippen molar-refractivity contribution in [3.63, 3.8) is 0 Å². The zero-order valence-corrected chi connectivity index (χ0v) is 13.2. The lowest BCUT2D eigenvalue weighted by molar-refractivity contribution is 0.0628. The van der Waals surface area contributed by atoms with Gasteiger partial charge in [0.05, 0.1) is 0 Å². The quantitative estimate of drug-likeness (QED) is 0.830. The highest BCUT2D eigenvalue weighted by molar-refractivity contribution is 5.96. The van der Waals surface area contributed by atoms with E-state index in [1.165, 1.54) is 0 Å². The first kappa shape index (κ1) is 15.5. The zero-order valence-electron chi connectivity index (χ0n) is 13.2. The van der Waals surface area contributed by atoms with E-state index in [2.05, 4.69) is 27.7 Å². The summed E-state index contributed by atoms with van der Waals surface area (Å²) in [4.78, 5) is 14.4. The number of carbonyl (C=O) groups is 1. The minimum absolute atomic E-state index is 0.0339. The second-order valence-electron chi connectivity index (χ2n) is 6.48. The number of anilines is 1. The fourth-order valence-corrected chi connectivity index (χ4v) is 2.05. The maximum absolute atomic E-state index is 12.6. The second kappa shape index (κ2) is 5.24. The Morgan fingerprint density at radius 2 is 1.74 bits per heavy atom. The summed E-state index contributed by atoms with van der Waals surface area (Å²) in [6, 6.07) is 3.92. The Hall–Kier alpha value is -1.51. The van der Waals surface area contributed by atoms with Crippen molar-refractivity contribution in [2.45, 2.75) is 47.6 Å². The van der Waals surface area contributed by atoms with E-state index in [4.69, 9.17) is 5.73 Å². The van der Waals surface area contributed by atoms with Gasteiger partial charge in [-0.25, -0.2) is 0 Å². The van der Waals surface area contributed by atoms with E-state index in [1.807, 2.05) is 27.0 Å². The molecule has 2 N–H and O–H groups in total. The molecule has 106 valence electrons. The Balaban J connectivity index is 3.11. The second-order valence-corrected chi connectivity index (χ2v) is 6.48. The van der Waals surface area contributed by atoms with Gasteiger partial charge in [-0.2, -0.15) is 0 Å². The van der Waals surface area contributed by atoms with Gasteiger partial charge in [-0.15, -0.1) is 0 Å². The molecule has 3 nitrogen and oxygen atoms in total. The van der Waals surface area contributed by atoms with Crippen molar-refractivity contribution >= 4 is 11.6 Å². The van der Waals surface area contributed by atoms with Crippen LogP contribution in [-0.4, -0.2) is 23.9 Å².